The van der Waals surface area contributed by atoms with Crippen LogP contribution >= 0.6 is 0 Å². The van der Waals surface area contributed by atoms with Crippen molar-refractivity contribution in [2.75, 3.05) is 13.1 Å². The molecule has 1 saturated heterocycles. The second kappa shape index (κ2) is 4.45. The van der Waals surface area contributed by atoms with Gasteiger partial charge in [-0.25, -0.2) is 8.51 Å². The zero-order valence-electron chi connectivity index (χ0n) is 9.32. The van der Waals surface area contributed by atoms with Crippen molar-refractivity contribution in [2.24, 2.45) is 0 Å². The van der Waals surface area contributed by atoms with Gasteiger partial charge in [0, 0.05) is 13.1 Å². The van der Waals surface area contributed by atoms with Crippen LogP contribution < -0.4 is 0 Å². The maximum Gasteiger partial charge on any atom is 0.127 e. The van der Waals surface area contributed by atoms with Crippen molar-refractivity contribution in [2.45, 2.75) is 31.6 Å². The number of benzene rings is 1. The lowest BCUT2D eigenvalue weighted by molar-refractivity contribution is 0.535. The minimum Gasteiger partial charge on any atom is -0.237 e. The molecule has 0 saturated carbocycles. The molecule has 1 unspecified atom stereocenters. The quantitative estimate of drug-likeness (QED) is 0.754. The van der Waals surface area contributed by atoms with Gasteiger partial charge in [0.25, 0.3) is 0 Å². The second-order valence-corrected chi connectivity index (χ2v) is 5.61. The van der Waals surface area contributed by atoms with Crippen LogP contribution in [0.25, 0.3) is 0 Å². The molecule has 2 nitrogen and oxygen atoms in total. The van der Waals surface area contributed by atoms with Crippen LogP contribution in [0, 0.1) is 13.8 Å². The number of aryl methyl sites for hydroxylation is 2. The van der Waals surface area contributed by atoms with Crippen LogP contribution in [0.15, 0.2) is 23.1 Å². The standard InChI is InChI=1S/C12H17NOS/c1-10-5-6-12(11(2)9-10)15(14)13-7-3-4-8-13/h5-6,9H,3-4,7-8H2,1-2H3. The van der Waals surface area contributed by atoms with E-state index < -0.39 is 11.0 Å². The second-order valence-electron chi connectivity index (χ2n) is 4.15. The molecule has 1 aliphatic heterocycles. The fourth-order valence-corrected chi connectivity index (χ4v) is 3.38. The van der Waals surface area contributed by atoms with Crippen LogP contribution in [0.1, 0.15) is 24.0 Å². The van der Waals surface area contributed by atoms with E-state index in [0.717, 1.165) is 23.5 Å². The fourth-order valence-electron chi connectivity index (χ4n) is 1.99. The first-order valence-corrected chi connectivity index (χ1v) is 6.53. The van der Waals surface area contributed by atoms with Gasteiger partial charge >= 0.3 is 0 Å². The van der Waals surface area contributed by atoms with E-state index in [2.05, 4.69) is 17.3 Å². The van der Waals surface area contributed by atoms with Gasteiger partial charge in [-0.15, -0.1) is 0 Å². The Kier molecular flexibility index (Phi) is 3.22. The zero-order chi connectivity index (χ0) is 10.8. The normalized spacial score (nSPS) is 19.3. The molecular formula is C12H17NOS. The maximum atomic E-state index is 12.2. The van der Waals surface area contributed by atoms with Crippen LogP contribution in [-0.4, -0.2) is 21.6 Å². The summed E-state index contributed by atoms with van der Waals surface area (Å²) in [5.41, 5.74) is 2.37. The first-order valence-electron chi connectivity index (χ1n) is 5.42. The largest absolute Gasteiger partial charge is 0.237 e. The monoisotopic (exact) mass is 223 g/mol. The summed E-state index contributed by atoms with van der Waals surface area (Å²) >= 11 is 0. The van der Waals surface area contributed by atoms with Crippen LogP contribution in [0.4, 0.5) is 0 Å². The summed E-state index contributed by atoms with van der Waals surface area (Å²) in [7, 11) is -0.945. The zero-order valence-corrected chi connectivity index (χ0v) is 10.1. The molecule has 3 heteroatoms. The van der Waals surface area contributed by atoms with Crippen LogP contribution in [0.3, 0.4) is 0 Å². The molecule has 1 heterocycles. The summed E-state index contributed by atoms with van der Waals surface area (Å²) < 4.78 is 14.3. The Hall–Kier alpha value is -0.670. The summed E-state index contributed by atoms with van der Waals surface area (Å²) in [6.07, 6.45) is 2.35. The summed E-state index contributed by atoms with van der Waals surface area (Å²) in [5.74, 6) is 0. The Labute approximate surface area is 93.9 Å². The highest BCUT2D eigenvalue weighted by atomic mass is 32.2. The highest BCUT2D eigenvalue weighted by Gasteiger charge is 2.20. The van der Waals surface area contributed by atoms with Crippen LogP contribution in [-0.2, 0) is 11.0 Å². The van der Waals surface area contributed by atoms with E-state index in [1.54, 1.807) is 0 Å². The van der Waals surface area contributed by atoms with Gasteiger partial charge in [0.05, 0.1) is 4.90 Å². The highest BCUT2D eigenvalue weighted by Crippen LogP contribution is 2.20. The molecule has 0 aromatic heterocycles. The van der Waals surface area contributed by atoms with Gasteiger partial charge < -0.3 is 0 Å². The third-order valence-electron chi connectivity index (χ3n) is 2.82. The molecule has 1 aliphatic rings. The van der Waals surface area contributed by atoms with E-state index in [1.165, 1.54) is 18.4 Å². The van der Waals surface area contributed by atoms with Gasteiger partial charge in [-0.2, -0.15) is 0 Å². The Balaban J connectivity index is 2.24. The Bertz CT molecular complexity index is 383. The van der Waals surface area contributed by atoms with Crippen molar-refractivity contribution in [3.63, 3.8) is 0 Å². The van der Waals surface area contributed by atoms with Gasteiger partial charge in [0.2, 0.25) is 0 Å². The molecule has 0 N–H and O–H groups in total. The summed E-state index contributed by atoms with van der Waals surface area (Å²) in [4.78, 5) is 0.975. The van der Waals surface area contributed by atoms with Gasteiger partial charge in [0.15, 0.2) is 0 Å². The van der Waals surface area contributed by atoms with Crippen LogP contribution in [0.2, 0.25) is 0 Å². The molecule has 0 radical (unpaired) electrons. The number of hydrogen-bond acceptors (Lipinski definition) is 1. The van der Waals surface area contributed by atoms with Crippen molar-refractivity contribution >= 4 is 11.0 Å². The van der Waals surface area contributed by atoms with E-state index in [1.807, 2.05) is 19.1 Å². The van der Waals surface area contributed by atoms with Crippen molar-refractivity contribution < 1.29 is 4.21 Å². The molecule has 2 rings (SSSR count). The molecule has 0 amide bonds. The van der Waals surface area contributed by atoms with Gasteiger partial charge in [-0.1, -0.05) is 17.7 Å². The average molecular weight is 223 g/mol. The smallest absolute Gasteiger partial charge is 0.127 e. The molecule has 15 heavy (non-hydrogen) atoms. The summed E-state index contributed by atoms with van der Waals surface area (Å²) in [6, 6.07) is 6.14. The van der Waals surface area contributed by atoms with E-state index in [9.17, 15) is 4.21 Å². The molecule has 1 atom stereocenters. The number of rotatable bonds is 2. The fraction of sp³-hybridized carbons (Fsp3) is 0.500. The third kappa shape index (κ3) is 2.29. The van der Waals surface area contributed by atoms with Crippen LogP contribution in [0.5, 0.6) is 0 Å². The van der Waals surface area contributed by atoms with E-state index in [-0.39, 0.29) is 0 Å². The third-order valence-corrected chi connectivity index (χ3v) is 4.49. The van der Waals surface area contributed by atoms with Crippen molar-refractivity contribution in [3.8, 4) is 0 Å². The molecule has 0 spiro atoms. The molecule has 0 bridgehead atoms. The van der Waals surface area contributed by atoms with Gasteiger partial charge in [-0.05, 0) is 38.3 Å². The average Bonchev–Trinajstić information content (AvgIpc) is 2.69. The number of hydrogen-bond donors (Lipinski definition) is 0. The lowest BCUT2D eigenvalue weighted by atomic mass is 10.2. The van der Waals surface area contributed by atoms with Crippen molar-refractivity contribution in [1.29, 1.82) is 0 Å². The maximum absolute atomic E-state index is 12.2. The lowest BCUT2D eigenvalue weighted by Crippen LogP contribution is -2.22. The Morgan fingerprint density at radius 1 is 1.20 bits per heavy atom. The molecule has 1 aromatic carbocycles. The van der Waals surface area contributed by atoms with E-state index in [0.29, 0.717) is 0 Å². The molecule has 82 valence electrons. The van der Waals surface area contributed by atoms with Crippen molar-refractivity contribution in [3.05, 3.63) is 29.3 Å². The summed E-state index contributed by atoms with van der Waals surface area (Å²) in [5, 5.41) is 0. The predicted octanol–water partition coefficient (Wildman–Crippen LogP) is 2.42. The first-order chi connectivity index (χ1) is 7.18. The number of nitrogens with zero attached hydrogens (tertiary/aromatic N) is 1. The molecule has 1 fully saturated rings. The SMILES string of the molecule is Cc1ccc(S(=O)N2CCCC2)c(C)c1. The minimum absolute atomic E-state index is 0.945. The van der Waals surface area contributed by atoms with E-state index in [4.69, 9.17) is 0 Å². The lowest BCUT2D eigenvalue weighted by Gasteiger charge is -2.15. The molecule has 0 aliphatic carbocycles. The first kappa shape index (κ1) is 10.8. The van der Waals surface area contributed by atoms with Crippen molar-refractivity contribution in [1.82, 2.24) is 4.31 Å². The Morgan fingerprint density at radius 3 is 2.47 bits per heavy atom. The highest BCUT2D eigenvalue weighted by molar-refractivity contribution is 7.82. The minimum atomic E-state index is -0.945. The van der Waals surface area contributed by atoms with Gasteiger partial charge in [-0.3, -0.25) is 0 Å². The molecular weight excluding hydrogens is 206 g/mol. The molecule has 1 aromatic rings. The predicted molar refractivity (Wildman–Crippen MR) is 63.1 cm³/mol. The van der Waals surface area contributed by atoms with E-state index >= 15 is 0 Å². The topological polar surface area (TPSA) is 20.3 Å². The Morgan fingerprint density at radius 2 is 1.87 bits per heavy atom. The van der Waals surface area contributed by atoms with Gasteiger partial charge in [0.1, 0.15) is 11.0 Å². The summed E-state index contributed by atoms with van der Waals surface area (Å²) in [6.45, 7) is 6.05.